The van der Waals surface area contributed by atoms with Crippen molar-refractivity contribution in [3.63, 3.8) is 0 Å². The van der Waals surface area contributed by atoms with Crippen LogP contribution in [0.4, 0.5) is 5.69 Å². The number of benzene rings is 1. The molecule has 1 saturated heterocycles. The third kappa shape index (κ3) is 2.96. The third-order valence-electron chi connectivity index (χ3n) is 4.19. The van der Waals surface area contributed by atoms with Crippen LogP contribution in [-0.4, -0.2) is 35.1 Å². The van der Waals surface area contributed by atoms with Crippen molar-refractivity contribution in [1.29, 1.82) is 0 Å². The van der Waals surface area contributed by atoms with E-state index < -0.39 is 0 Å². The minimum Gasteiger partial charge on any atom is -0.398 e. The zero-order valence-corrected chi connectivity index (χ0v) is 12.4. The standard InChI is InChI=1S/C16H24N2O2/c1-11-9-12(2)15(17)10-14(11)16(20)18-7-4-3-5-13(18)6-8-19/h9-10,13,19H,3-8,17H2,1-2H3. The first-order chi connectivity index (χ1) is 9.54. The number of aliphatic hydroxyl groups excluding tert-OH is 1. The van der Waals surface area contributed by atoms with E-state index in [2.05, 4.69) is 0 Å². The zero-order valence-electron chi connectivity index (χ0n) is 12.4. The van der Waals surface area contributed by atoms with Crippen LogP contribution < -0.4 is 5.73 Å². The number of piperidine rings is 1. The van der Waals surface area contributed by atoms with E-state index in [9.17, 15) is 4.79 Å². The van der Waals surface area contributed by atoms with Crippen LogP contribution in [-0.2, 0) is 0 Å². The van der Waals surface area contributed by atoms with Crippen molar-refractivity contribution in [3.8, 4) is 0 Å². The summed E-state index contributed by atoms with van der Waals surface area (Å²) in [5.41, 5.74) is 9.27. The summed E-state index contributed by atoms with van der Waals surface area (Å²) < 4.78 is 0. The minimum absolute atomic E-state index is 0.0485. The van der Waals surface area contributed by atoms with Gasteiger partial charge >= 0.3 is 0 Å². The van der Waals surface area contributed by atoms with E-state index in [0.717, 1.165) is 36.9 Å². The molecule has 3 N–H and O–H groups in total. The van der Waals surface area contributed by atoms with Crippen molar-refractivity contribution >= 4 is 11.6 Å². The second-order valence-corrected chi connectivity index (χ2v) is 5.68. The van der Waals surface area contributed by atoms with Gasteiger partial charge in [-0.1, -0.05) is 6.07 Å². The maximum Gasteiger partial charge on any atom is 0.254 e. The smallest absolute Gasteiger partial charge is 0.254 e. The van der Waals surface area contributed by atoms with E-state index >= 15 is 0 Å². The van der Waals surface area contributed by atoms with Gasteiger partial charge < -0.3 is 15.7 Å². The molecule has 110 valence electrons. The van der Waals surface area contributed by atoms with Gasteiger partial charge in [-0.25, -0.2) is 0 Å². The van der Waals surface area contributed by atoms with Crippen LogP contribution in [0.5, 0.6) is 0 Å². The van der Waals surface area contributed by atoms with E-state index in [1.165, 1.54) is 0 Å². The summed E-state index contributed by atoms with van der Waals surface area (Å²) in [6.07, 6.45) is 3.80. The topological polar surface area (TPSA) is 66.6 Å². The number of aryl methyl sites for hydroxylation is 2. The number of hydrogen-bond donors (Lipinski definition) is 2. The van der Waals surface area contributed by atoms with Gasteiger partial charge in [-0.3, -0.25) is 4.79 Å². The molecule has 0 bridgehead atoms. The number of likely N-dealkylation sites (tertiary alicyclic amines) is 1. The van der Waals surface area contributed by atoms with Crippen LogP contribution in [0.3, 0.4) is 0 Å². The Morgan fingerprint density at radius 3 is 2.80 bits per heavy atom. The van der Waals surface area contributed by atoms with Gasteiger partial charge in [0.25, 0.3) is 5.91 Å². The summed E-state index contributed by atoms with van der Waals surface area (Å²) in [5.74, 6) is 0.0485. The Labute approximate surface area is 120 Å². The van der Waals surface area contributed by atoms with E-state index in [4.69, 9.17) is 10.8 Å². The largest absolute Gasteiger partial charge is 0.398 e. The molecule has 0 aliphatic carbocycles. The highest BCUT2D eigenvalue weighted by Crippen LogP contribution is 2.25. The molecule has 1 aliphatic rings. The first kappa shape index (κ1) is 14.9. The van der Waals surface area contributed by atoms with Crippen molar-refractivity contribution in [2.75, 3.05) is 18.9 Å². The monoisotopic (exact) mass is 276 g/mol. The number of anilines is 1. The number of nitrogens with zero attached hydrogens (tertiary/aromatic N) is 1. The number of carbonyl (C=O) groups excluding carboxylic acids is 1. The fraction of sp³-hybridized carbons (Fsp3) is 0.562. The normalized spacial score (nSPS) is 19.1. The van der Waals surface area contributed by atoms with Crippen LogP contribution in [0.25, 0.3) is 0 Å². The molecular formula is C16H24N2O2. The highest BCUT2D eigenvalue weighted by molar-refractivity contribution is 5.97. The highest BCUT2D eigenvalue weighted by atomic mass is 16.3. The van der Waals surface area contributed by atoms with E-state index in [-0.39, 0.29) is 18.6 Å². The summed E-state index contributed by atoms with van der Waals surface area (Å²) in [6, 6.07) is 3.91. The fourth-order valence-electron chi connectivity index (χ4n) is 2.97. The van der Waals surface area contributed by atoms with Crippen molar-refractivity contribution in [1.82, 2.24) is 4.90 Å². The molecule has 1 aliphatic heterocycles. The lowest BCUT2D eigenvalue weighted by Gasteiger charge is -2.36. The van der Waals surface area contributed by atoms with Crippen LogP contribution >= 0.6 is 0 Å². The Balaban J connectivity index is 2.27. The van der Waals surface area contributed by atoms with Crippen molar-refractivity contribution in [2.45, 2.75) is 45.6 Å². The first-order valence-electron chi connectivity index (χ1n) is 7.33. The maximum absolute atomic E-state index is 12.8. The van der Waals surface area contributed by atoms with Gasteiger partial charge in [-0.05, 0) is 56.7 Å². The number of amides is 1. The Kier molecular flexibility index (Phi) is 4.65. The second kappa shape index (κ2) is 6.27. The second-order valence-electron chi connectivity index (χ2n) is 5.68. The van der Waals surface area contributed by atoms with Gasteiger partial charge in [0.15, 0.2) is 0 Å². The number of rotatable bonds is 3. The molecule has 1 aromatic rings. The van der Waals surface area contributed by atoms with Gasteiger partial charge in [0.1, 0.15) is 0 Å². The molecule has 20 heavy (non-hydrogen) atoms. The molecule has 1 atom stereocenters. The van der Waals surface area contributed by atoms with Gasteiger partial charge in [0.2, 0.25) is 0 Å². The first-order valence-corrected chi connectivity index (χ1v) is 7.33. The molecule has 0 saturated carbocycles. The van der Waals surface area contributed by atoms with Gasteiger partial charge in [-0.2, -0.15) is 0 Å². The van der Waals surface area contributed by atoms with E-state index in [1.54, 1.807) is 6.07 Å². The van der Waals surface area contributed by atoms with Crippen molar-refractivity contribution in [3.05, 3.63) is 28.8 Å². The van der Waals surface area contributed by atoms with Crippen LogP contribution in [0.15, 0.2) is 12.1 Å². The predicted octanol–water partition coefficient (Wildman–Crippen LogP) is 2.26. The molecule has 4 heteroatoms. The molecular weight excluding hydrogens is 252 g/mol. The molecule has 1 unspecified atom stereocenters. The molecule has 1 aromatic carbocycles. The average molecular weight is 276 g/mol. The summed E-state index contributed by atoms with van der Waals surface area (Å²) >= 11 is 0. The van der Waals surface area contributed by atoms with Crippen LogP contribution in [0, 0.1) is 13.8 Å². The summed E-state index contributed by atoms with van der Waals surface area (Å²) in [5, 5.41) is 9.17. The van der Waals surface area contributed by atoms with Crippen molar-refractivity contribution < 1.29 is 9.90 Å². The molecule has 0 radical (unpaired) electrons. The van der Waals surface area contributed by atoms with Crippen LogP contribution in [0.1, 0.15) is 47.2 Å². The summed E-state index contributed by atoms with van der Waals surface area (Å²) in [7, 11) is 0. The number of nitrogen functional groups attached to an aromatic ring is 1. The molecule has 1 amide bonds. The van der Waals surface area contributed by atoms with Gasteiger partial charge in [0.05, 0.1) is 0 Å². The number of hydrogen-bond acceptors (Lipinski definition) is 3. The molecule has 0 spiro atoms. The lowest BCUT2D eigenvalue weighted by atomic mass is 9.96. The summed E-state index contributed by atoms with van der Waals surface area (Å²) in [6.45, 7) is 4.80. The van der Waals surface area contributed by atoms with E-state index in [0.29, 0.717) is 17.7 Å². The molecule has 2 rings (SSSR count). The maximum atomic E-state index is 12.8. The molecule has 0 aromatic heterocycles. The average Bonchev–Trinajstić information content (AvgIpc) is 2.43. The third-order valence-corrected chi connectivity index (χ3v) is 4.19. The Bertz CT molecular complexity index is 497. The SMILES string of the molecule is Cc1cc(C)c(C(=O)N2CCCCC2CCO)cc1N. The minimum atomic E-state index is 0.0485. The predicted molar refractivity (Wildman–Crippen MR) is 80.7 cm³/mol. The van der Waals surface area contributed by atoms with E-state index in [1.807, 2.05) is 24.8 Å². The van der Waals surface area contributed by atoms with Gasteiger partial charge in [-0.15, -0.1) is 0 Å². The summed E-state index contributed by atoms with van der Waals surface area (Å²) in [4.78, 5) is 14.7. The lowest BCUT2D eigenvalue weighted by Crippen LogP contribution is -2.44. The van der Waals surface area contributed by atoms with Crippen LogP contribution in [0.2, 0.25) is 0 Å². The zero-order chi connectivity index (χ0) is 14.7. The van der Waals surface area contributed by atoms with Gasteiger partial charge in [0, 0.05) is 30.4 Å². The quantitative estimate of drug-likeness (QED) is 0.832. The molecule has 1 heterocycles. The molecule has 1 fully saturated rings. The fourth-order valence-corrected chi connectivity index (χ4v) is 2.97. The number of aliphatic hydroxyl groups is 1. The lowest BCUT2D eigenvalue weighted by molar-refractivity contribution is 0.0574. The molecule has 4 nitrogen and oxygen atoms in total. The Morgan fingerprint density at radius 2 is 2.10 bits per heavy atom. The Hall–Kier alpha value is -1.55. The Morgan fingerprint density at radius 1 is 1.35 bits per heavy atom. The highest BCUT2D eigenvalue weighted by Gasteiger charge is 2.28. The number of nitrogens with two attached hydrogens (primary N) is 1. The van der Waals surface area contributed by atoms with Crippen molar-refractivity contribution in [2.24, 2.45) is 0 Å². The number of carbonyl (C=O) groups is 1.